The number of piperidine rings is 1. The molecule has 11 nitrogen and oxygen atoms in total. The van der Waals surface area contributed by atoms with E-state index in [1.807, 2.05) is 6.92 Å². The molecule has 0 atom stereocenters. The lowest BCUT2D eigenvalue weighted by Crippen LogP contribution is -2.34. The standard InChI is InChI=1S/C29H43N5O6S/c1-20-25(21-10-14-34(5)15-11-21)32-27(41-20)33-26(36)22-8-6-7-9-23(22)31-24(35)12-16-38-18-19-39-17-13-30-28(37)40-29(2,3)4/h6-9,21H,10-19H2,1-5H3,(H,30,37)(H,31,35)(H,32,33,36). The lowest BCUT2D eigenvalue weighted by molar-refractivity contribution is -0.117. The number of thiazole rings is 1. The van der Waals surface area contributed by atoms with E-state index in [0.717, 1.165) is 36.5 Å². The smallest absolute Gasteiger partial charge is 0.407 e. The number of likely N-dealkylation sites (tertiary alicyclic amines) is 1. The van der Waals surface area contributed by atoms with Gasteiger partial charge in [-0.15, -0.1) is 11.3 Å². The van der Waals surface area contributed by atoms with Gasteiger partial charge < -0.3 is 29.7 Å². The summed E-state index contributed by atoms with van der Waals surface area (Å²) in [6.45, 7) is 11.0. The number of benzene rings is 1. The van der Waals surface area contributed by atoms with Crippen LogP contribution in [0.25, 0.3) is 0 Å². The molecule has 3 N–H and O–H groups in total. The van der Waals surface area contributed by atoms with Gasteiger partial charge in [0.1, 0.15) is 5.60 Å². The average molecular weight is 590 g/mol. The topological polar surface area (TPSA) is 131 Å². The highest BCUT2D eigenvalue weighted by Crippen LogP contribution is 2.34. The number of nitrogens with zero attached hydrogens (tertiary/aromatic N) is 2. The predicted molar refractivity (Wildman–Crippen MR) is 160 cm³/mol. The van der Waals surface area contributed by atoms with Gasteiger partial charge in [-0.05, 0) is 72.8 Å². The fourth-order valence-corrected chi connectivity index (χ4v) is 5.21. The first kappa shape index (κ1) is 32.5. The number of amides is 3. The zero-order chi connectivity index (χ0) is 29.8. The highest BCUT2D eigenvalue weighted by Gasteiger charge is 2.24. The maximum atomic E-state index is 13.1. The first-order valence-corrected chi connectivity index (χ1v) is 14.8. The summed E-state index contributed by atoms with van der Waals surface area (Å²) < 4.78 is 16.0. The Kier molecular flexibility index (Phi) is 12.5. The van der Waals surface area contributed by atoms with Crippen molar-refractivity contribution in [2.45, 2.75) is 58.5 Å². The van der Waals surface area contributed by atoms with Crippen LogP contribution in [0.1, 0.15) is 66.9 Å². The molecule has 41 heavy (non-hydrogen) atoms. The molecule has 1 aliphatic heterocycles. The number of carbonyl (C=O) groups excluding carboxylic acids is 3. The fourth-order valence-electron chi connectivity index (χ4n) is 4.32. The van der Waals surface area contributed by atoms with Crippen LogP contribution in [-0.4, -0.2) is 86.5 Å². The van der Waals surface area contributed by atoms with E-state index in [2.05, 4.69) is 27.9 Å². The summed E-state index contributed by atoms with van der Waals surface area (Å²) in [6, 6.07) is 6.90. The second kappa shape index (κ2) is 15.8. The van der Waals surface area contributed by atoms with Crippen molar-refractivity contribution >= 4 is 40.1 Å². The highest BCUT2D eigenvalue weighted by molar-refractivity contribution is 7.15. The largest absolute Gasteiger partial charge is 0.444 e. The van der Waals surface area contributed by atoms with E-state index in [9.17, 15) is 14.4 Å². The van der Waals surface area contributed by atoms with Crippen molar-refractivity contribution in [3.8, 4) is 0 Å². The van der Waals surface area contributed by atoms with E-state index in [4.69, 9.17) is 19.2 Å². The Morgan fingerprint density at radius 2 is 1.71 bits per heavy atom. The summed E-state index contributed by atoms with van der Waals surface area (Å²) >= 11 is 1.48. The Hall–Kier alpha value is -3.06. The Morgan fingerprint density at radius 1 is 1.02 bits per heavy atom. The van der Waals surface area contributed by atoms with Crippen LogP contribution in [0.3, 0.4) is 0 Å². The van der Waals surface area contributed by atoms with Crippen molar-refractivity contribution < 1.29 is 28.6 Å². The molecule has 226 valence electrons. The molecule has 3 amide bonds. The zero-order valence-electron chi connectivity index (χ0n) is 24.7. The van der Waals surface area contributed by atoms with Crippen molar-refractivity contribution in [2.75, 3.05) is 63.7 Å². The third-order valence-electron chi connectivity index (χ3n) is 6.36. The summed E-state index contributed by atoms with van der Waals surface area (Å²) in [5.41, 5.74) is 1.32. The number of para-hydroxylation sites is 1. The van der Waals surface area contributed by atoms with Crippen LogP contribution in [0.15, 0.2) is 24.3 Å². The molecule has 1 aliphatic rings. The maximum absolute atomic E-state index is 13.1. The van der Waals surface area contributed by atoms with Crippen LogP contribution < -0.4 is 16.0 Å². The molecule has 0 unspecified atom stereocenters. The van der Waals surface area contributed by atoms with E-state index in [1.54, 1.807) is 45.0 Å². The number of hydrogen-bond donors (Lipinski definition) is 3. The van der Waals surface area contributed by atoms with Crippen molar-refractivity contribution in [1.82, 2.24) is 15.2 Å². The fraction of sp³-hybridized carbons (Fsp3) is 0.586. The van der Waals surface area contributed by atoms with Crippen LogP contribution in [0, 0.1) is 6.92 Å². The van der Waals surface area contributed by atoms with Crippen molar-refractivity contribution in [3.63, 3.8) is 0 Å². The summed E-state index contributed by atoms with van der Waals surface area (Å²) in [6.07, 6.45) is 1.76. The highest BCUT2D eigenvalue weighted by atomic mass is 32.1. The number of rotatable bonds is 13. The Labute approximate surface area is 246 Å². The second-order valence-electron chi connectivity index (χ2n) is 11.0. The molecule has 2 heterocycles. The monoisotopic (exact) mass is 589 g/mol. The number of carbonyl (C=O) groups is 3. The number of nitrogens with one attached hydrogen (secondary N) is 3. The summed E-state index contributed by atoms with van der Waals surface area (Å²) in [4.78, 5) is 45.4. The Bertz CT molecular complexity index is 1160. The van der Waals surface area contributed by atoms with Crippen molar-refractivity contribution in [3.05, 3.63) is 40.4 Å². The molecule has 0 radical (unpaired) electrons. The molecule has 2 aromatic rings. The number of hydrogen-bond acceptors (Lipinski definition) is 9. The summed E-state index contributed by atoms with van der Waals surface area (Å²) in [5.74, 6) is -0.170. The summed E-state index contributed by atoms with van der Waals surface area (Å²) in [5, 5.41) is 8.91. The first-order valence-electron chi connectivity index (χ1n) is 14.0. The molecule has 0 bridgehead atoms. The molecular weight excluding hydrogens is 546 g/mol. The minimum atomic E-state index is -0.545. The van der Waals surface area contributed by atoms with Crippen molar-refractivity contribution in [1.29, 1.82) is 0 Å². The van der Waals surface area contributed by atoms with Crippen molar-refractivity contribution in [2.24, 2.45) is 0 Å². The van der Waals surface area contributed by atoms with Gasteiger partial charge in [-0.2, -0.15) is 0 Å². The molecule has 0 aliphatic carbocycles. The molecule has 3 rings (SSSR count). The Morgan fingerprint density at radius 3 is 2.41 bits per heavy atom. The second-order valence-corrected chi connectivity index (χ2v) is 12.2. The first-order chi connectivity index (χ1) is 19.5. The van der Waals surface area contributed by atoms with E-state index in [1.165, 1.54) is 11.3 Å². The average Bonchev–Trinajstić information content (AvgIpc) is 3.26. The van der Waals surface area contributed by atoms with Gasteiger partial charge in [0.05, 0.1) is 49.8 Å². The number of ether oxygens (including phenoxy) is 3. The molecule has 1 aromatic carbocycles. The molecule has 0 spiro atoms. The molecule has 0 saturated carbocycles. The molecule has 1 aromatic heterocycles. The van der Waals surface area contributed by atoms with Gasteiger partial charge in [0, 0.05) is 17.3 Å². The van der Waals surface area contributed by atoms with E-state index < -0.39 is 11.7 Å². The van der Waals surface area contributed by atoms with Crippen LogP contribution in [0.5, 0.6) is 0 Å². The van der Waals surface area contributed by atoms with E-state index >= 15 is 0 Å². The molecule has 1 fully saturated rings. The number of aryl methyl sites for hydroxylation is 1. The minimum Gasteiger partial charge on any atom is -0.444 e. The minimum absolute atomic E-state index is 0.127. The van der Waals surface area contributed by atoms with Gasteiger partial charge in [-0.3, -0.25) is 14.9 Å². The van der Waals surface area contributed by atoms with Crippen LogP contribution in [0.4, 0.5) is 15.6 Å². The Balaban J connectivity index is 1.37. The third-order valence-corrected chi connectivity index (χ3v) is 7.27. The van der Waals surface area contributed by atoms with Gasteiger partial charge in [-0.25, -0.2) is 9.78 Å². The van der Waals surface area contributed by atoms with Gasteiger partial charge in [0.25, 0.3) is 5.91 Å². The van der Waals surface area contributed by atoms with Gasteiger partial charge in [0.15, 0.2) is 5.13 Å². The van der Waals surface area contributed by atoms with Gasteiger partial charge in [0.2, 0.25) is 5.91 Å². The van der Waals surface area contributed by atoms with Gasteiger partial charge >= 0.3 is 6.09 Å². The van der Waals surface area contributed by atoms with Crippen LogP contribution >= 0.6 is 11.3 Å². The summed E-state index contributed by atoms with van der Waals surface area (Å²) in [7, 11) is 2.13. The SMILES string of the molecule is Cc1sc(NC(=O)c2ccccc2NC(=O)CCOCCOCCNC(=O)OC(C)(C)C)nc1C1CCN(C)CC1. The number of aromatic nitrogens is 1. The van der Waals surface area contributed by atoms with E-state index in [0.29, 0.717) is 48.7 Å². The zero-order valence-corrected chi connectivity index (χ0v) is 25.5. The normalized spacial score (nSPS) is 14.5. The predicted octanol–water partition coefficient (Wildman–Crippen LogP) is 4.40. The van der Waals surface area contributed by atoms with E-state index in [-0.39, 0.29) is 24.8 Å². The lowest BCUT2D eigenvalue weighted by atomic mass is 9.93. The molecule has 1 saturated heterocycles. The molecule has 12 heteroatoms. The number of alkyl carbamates (subject to hydrolysis) is 1. The molecular formula is C29H43N5O6S. The van der Waals surface area contributed by atoms with Gasteiger partial charge in [-0.1, -0.05) is 12.1 Å². The third kappa shape index (κ3) is 11.4. The lowest BCUT2D eigenvalue weighted by Gasteiger charge is -2.28. The van der Waals surface area contributed by atoms with Crippen LogP contribution in [0.2, 0.25) is 0 Å². The number of anilines is 2. The maximum Gasteiger partial charge on any atom is 0.407 e. The quantitative estimate of drug-likeness (QED) is 0.293. The van der Waals surface area contributed by atoms with Crippen LogP contribution in [-0.2, 0) is 19.0 Å².